The van der Waals surface area contributed by atoms with Crippen LogP contribution in [0, 0.1) is 30.9 Å². The zero-order chi connectivity index (χ0) is 23.7. The minimum atomic E-state index is -0.532. The third kappa shape index (κ3) is 4.25. The molecule has 0 radical (unpaired) electrons. The Morgan fingerprint density at radius 3 is 2.42 bits per heavy atom. The molecule has 4 aromatic rings. The molecule has 0 spiro atoms. The van der Waals surface area contributed by atoms with Crippen molar-refractivity contribution in [2.75, 3.05) is 4.90 Å². The molecular weight excluding hydrogens is 418 g/mol. The number of anilines is 1. The van der Waals surface area contributed by atoms with Crippen molar-refractivity contribution in [2.45, 2.75) is 27.3 Å². The maximum Gasteiger partial charge on any atom is 0.270 e. The number of fused-ring (bicyclic) bond motifs is 1. The van der Waals surface area contributed by atoms with Crippen molar-refractivity contribution in [3.8, 4) is 0 Å². The summed E-state index contributed by atoms with van der Waals surface area (Å²) in [6.07, 6.45) is 0. The van der Waals surface area contributed by atoms with Crippen LogP contribution in [-0.2, 0) is 6.54 Å². The van der Waals surface area contributed by atoms with E-state index in [1.165, 1.54) is 23.1 Å². The van der Waals surface area contributed by atoms with Crippen LogP contribution in [0.3, 0.4) is 0 Å². The number of hydrogen-bond donors (Lipinski definition) is 1. The number of nitrogens with one attached hydrogen (secondary N) is 1. The molecule has 1 aromatic heterocycles. The number of aryl methyl sites for hydroxylation is 2. The van der Waals surface area contributed by atoms with Crippen LogP contribution >= 0.6 is 0 Å². The summed E-state index contributed by atoms with van der Waals surface area (Å²) in [5, 5.41) is 12.1. The molecule has 0 saturated carbocycles. The molecule has 166 valence electrons. The van der Waals surface area contributed by atoms with Crippen LogP contribution in [0.5, 0.6) is 0 Å². The fourth-order valence-electron chi connectivity index (χ4n) is 3.92. The lowest BCUT2D eigenvalue weighted by Crippen LogP contribution is -2.33. The number of nitro benzene ring substituents is 1. The van der Waals surface area contributed by atoms with E-state index in [9.17, 15) is 19.7 Å². The maximum absolute atomic E-state index is 13.6. The topological polar surface area (TPSA) is 96.3 Å². The molecule has 1 heterocycles. The molecule has 0 fully saturated rings. The summed E-state index contributed by atoms with van der Waals surface area (Å²) < 4.78 is 0. The van der Waals surface area contributed by atoms with Gasteiger partial charge in [-0.25, -0.2) is 0 Å². The summed E-state index contributed by atoms with van der Waals surface area (Å²) in [6.45, 7) is 5.80. The predicted molar refractivity (Wildman–Crippen MR) is 129 cm³/mol. The van der Waals surface area contributed by atoms with Crippen LogP contribution in [0.25, 0.3) is 10.9 Å². The van der Waals surface area contributed by atoms with Gasteiger partial charge in [-0.05, 0) is 61.0 Å². The molecule has 0 aliphatic rings. The highest BCUT2D eigenvalue weighted by atomic mass is 16.6. The molecule has 7 heteroatoms. The summed E-state index contributed by atoms with van der Waals surface area (Å²) in [6, 6.07) is 18.8. The number of amides is 1. The van der Waals surface area contributed by atoms with E-state index >= 15 is 0 Å². The normalized spacial score (nSPS) is 10.9. The van der Waals surface area contributed by atoms with E-state index in [0.29, 0.717) is 11.3 Å². The first kappa shape index (κ1) is 22.0. The first-order chi connectivity index (χ1) is 15.8. The van der Waals surface area contributed by atoms with Crippen LogP contribution in [0.15, 0.2) is 71.5 Å². The van der Waals surface area contributed by atoms with Crippen molar-refractivity contribution in [1.29, 1.82) is 0 Å². The summed E-state index contributed by atoms with van der Waals surface area (Å²) in [5.41, 5.74) is 4.41. The van der Waals surface area contributed by atoms with Crippen molar-refractivity contribution in [2.24, 2.45) is 0 Å². The molecule has 4 rings (SSSR count). The highest BCUT2D eigenvalue weighted by Gasteiger charge is 2.23. The molecular formula is C26H23N3O4. The number of nitro groups is 1. The Balaban J connectivity index is 1.84. The molecule has 0 unspecified atom stereocenters. The lowest BCUT2D eigenvalue weighted by atomic mass is 10.0. The van der Waals surface area contributed by atoms with Gasteiger partial charge >= 0.3 is 0 Å². The van der Waals surface area contributed by atoms with Gasteiger partial charge in [0.05, 0.1) is 17.0 Å². The van der Waals surface area contributed by atoms with Gasteiger partial charge in [-0.3, -0.25) is 19.7 Å². The van der Waals surface area contributed by atoms with Gasteiger partial charge in [-0.2, -0.15) is 0 Å². The van der Waals surface area contributed by atoms with Gasteiger partial charge in [0.2, 0.25) is 0 Å². The van der Waals surface area contributed by atoms with E-state index in [2.05, 4.69) is 4.98 Å². The van der Waals surface area contributed by atoms with Gasteiger partial charge in [0.25, 0.3) is 17.2 Å². The van der Waals surface area contributed by atoms with Gasteiger partial charge in [0, 0.05) is 28.9 Å². The SMILES string of the molecule is Cc1cccc(N(Cc2cc3cccc(C)c3[nH]c2=O)C(=O)c2cccc([N+](=O)[O-])c2)c1C. The van der Waals surface area contributed by atoms with Crippen LogP contribution in [-0.4, -0.2) is 15.8 Å². The summed E-state index contributed by atoms with van der Waals surface area (Å²) in [7, 11) is 0. The number of pyridine rings is 1. The molecule has 1 N–H and O–H groups in total. The zero-order valence-electron chi connectivity index (χ0n) is 18.6. The summed E-state index contributed by atoms with van der Waals surface area (Å²) in [5.74, 6) is -0.420. The number of para-hydroxylation sites is 1. The lowest BCUT2D eigenvalue weighted by molar-refractivity contribution is -0.384. The van der Waals surface area contributed by atoms with Gasteiger partial charge in [-0.15, -0.1) is 0 Å². The van der Waals surface area contributed by atoms with Crippen LogP contribution in [0.1, 0.15) is 32.6 Å². The molecule has 0 aliphatic heterocycles. The monoisotopic (exact) mass is 441 g/mol. The molecule has 0 atom stereocenters. The Hall–Kier alpha value is -4.26. The largest absolute Gasteiger partial charge is 0.321 e. The molecule has 33 heavy (non-hydrogen) atoms. The maximum atomic E-state index is 13.6. The highest BCUT2D eigenvalue weighted by molar-refractivity contribution is 6.06. The first-order valence-electron chi connectivity index (χ1n) is 10.5. The molecule has 0 bridgehead atoms. The van der Waals surface area contributed by atoms with E-state index < -0.39 is 10.8 Å². The van der Waals surface area contributed by atoms with Crippen molar-refractivity contribution >= 4 is 28.2 Å². The predicted octanol–water partition coefficient (Wildman–Crippen LogP) is 5.21. The van der Waals surface area contributed by atoms with Crippen molar-refractivity contribution in [1.82, 2.24) is 4.98 Å². The molecule has 0 aliphatic carbocycles. The number of hydrogen-bond acceptors (Lipinski definition) is 4. The van der Waals surface area contributed by atoms with Crippen molar-refractivity contribution < 1.29 is 9.72 Å². The average molecular weight is 441 g/mol. The van der Waals surface area contributed by atoms with E-state index in [0.717, 1.165) is 27.6 Å². The lowest BCUT2D eigenvalue weighted by Gasteiger charge is -2.25. The highest BCUT2D eigenvalue weighted by Crippen LogP contribution is 2.27. The van der Waals surface area contributed by atoms with Gasteiger partial charge in [0.1, 0.15) is 0 Å². The second-order valence-corrected chi connectivity index (χ2v) is 8.08. The van der Waals surface area contributed by atoms with Crippen LogP contribution in [0.2, 0.25) is 0 Å². The Kier molecular flexibility index (Phi) is 5.79. The summed E-state index contributed by atoms with van der Waals surface area (Å²) >= 11 is 0. The Morgan fingerprint density at radius 1 is 0.970 bits per heavy atom. The second-order valence-electron chi connectivity index (χ2n) is 8.08. The Labute approximate surface area is 190 Å². The van der Waals surface area contributed by atoms with Crippen LogP contribution in [0.4, 0.5) is 11.4 Å². The second kappa shape index (κ2) is 8.70. The van der Waals surface area contributed by atoms with E-state index in [4.69, 9.17) is 0 Å². The number of carbonyl (C=O) groups excluding carboxylic acids is 1. The van der Waals surface area contributed by atoms with E-state index in [1.807, 2.05) is 57.2 Å². The fraction of sp³-hybridized carbons (Fsp3) is 0.154. The van der Waals surface area contributed by atoms with E-state index in [-0.39, 0.29) is 23.4 Å². The zero-order valence-corrected chi connectivity index (χ0v) is 18.6. The third-order valence-electron chi connectivity index (χ3n) is 5.91. The minimum Gasteiger partial charge on any atom is -0.321 e. The van der Waals surface area contributed by atoms with Gasteiger partial charge in [-0.1, -0.05) is 36.4 Å². The quantitative estimate of drug-likeness (QED) is 0.340. The van der Waals surface area contributed by atoms with Gasteiger partial charge in [0.15, 0.2) is 0 Å². The number of aromatic amines is 1. The molecule has 0 saturated heterocycles. The van der Waals surface area contributed by atoms with Gasteiger partial charge < -0.3 is 9.88 Å². The van der Waals surface area contributed by atoms with Crippen molar-refractivity contribution in [3.63, 3.8) is 0 Å². The fourth-order valence-corrected chi connectivity index (χ4v) is 3.92. The smallest absolute Gasteiger partial charge is 0.270 e. The van der Waals surface area contributed by atoms with Crippen LogP contribution < -0.4 is 10.5 Å². The number of non-ortho nitro benzene ring substituents is 1. The third-order valence-corrected chi connectivity index (χ3v) is 5.91. The first-order valence-corrected chi connectivity index (χ1v) is 10.5. The van der Waals surface area contributed by atoms with E-state index in [1.54, 1.807) is 12.1 Å². The number of benzene rings is 3. The molecule has 7 nitrogen and oxygen atoms in total. The number of aromatic nitrogens is 1. The minimum absolute atomic E-state index is 0.0189. The average Bonchev–Trinajstić information content (AvgIpc) is 2.80. The Bertz CT molecular complexity index is 1460. The molecule has 1 amide bonds. The number of H-pyrrole nitrogens is 1. The van der Waals surface area contributed by atoms with Crippen molar-refractivity contribution in [3.05, 3.63) is 115 Å². The summed E-state index contributed by atoms with van der Waals surface area (Å²) in [4.78, 5) is 41.7. The number of nitrogens with zero attached hydrogens (tertiary/aromatic N) is 2. The molecule has 3 aromatic carbocycles. The number of rotatable bonds is 5. The number of carbonyl (C=O) groups is 1. The Morgan fingerprint density at radius 2 is 1.67 bits per heavy atom. The standard InChI is InChI=1S/C26H23N3O4/c1-16-7-5-12-23(18(16)3)28(26(31)20-10-6-11-22(14-20)29(32)33)15-21-13-19-9-4-8-17(2)24(19)27-25(21)30/h4-14H,15H2,1-3H3,(H,27,30).